The van der Waals surface area contributed by atoms with Crippen molar-refractivity contribution >= 4 is 5.82 Å². The summed E-state index contributed by atoms with van der Waals surface area (Å²) in [5, 5.41) is 8.96. The number of anilines is 1. The van der Waals surface area contributed by atoms with E-state index in [1.54, 1.807) is 12.1 Å². The van der Waals surface area contributed by atoms with Gasteiger partial charge in [-0.3, -0.25) is 0 Å². The number of hydrogen-bond acceptors (Lipinski definition) is 3. The molecule has 100 valence electrons. The van der Waals surface area contributed by atoms with Crippen LogP contribution in [0.15, 0.2) is 48.5 Å². The monoisotopic (exact) mass is 260 g/mol. The van der Waals surface area contributed by atoms with Gasteiger partial charge < -0.3 is 10.0 Å². The fraction of sp³-hybridized carbons (Fsp3) is 0.267. The maximum Gasteiger partial charge on any atom is 0.214 e. The van der Waals surface area contributed by atoms with E-state index < -0.39 is 5.95 Å². The maximum absolute atomic E-state index is 13.2. The fourth-order valence-corrected chi connectivity index (χ4v) is 1.91. The highest BCUT2D eigenvalue weighted by molar-refractivity contribution is 5.39. The van der Waals surface area contributed by atoms with E-state index in [9.17, 15) is 4.39 Å². The predicted octanol–water partition coefficient (Wildman–Crippen LogP) is 2.61. The molecule has 3 nitrogen and oxygen atoms in total. The van der Waals surface area contributed by atoms with E-state index in [4.69, 9.17) is 5.11 Å². The second-order valence-corrected chi connectivity index (χ2v) is 4.30. The van der Waals surface area contributed by atoms with Gasteiger partial charge in [0.2, 0.25) is 5.95 Å². The van der Waals surface area contributed by atoms with Crippen molar-refractivity contribution in [1.29, 1.82) is 0 Å². The van der Waals surface area contributed by atoms with Crippen molar-refractivity contribution in [3.05, 3.63) is 60.0 Å². The molecule has 0 amide bonds. The third kappa shape index (κ3) is 4.03. The zero-order valence-corrected chi connectivity index (χ0v) is 10.7. The number of nitrogens with zero attached hydrogens (tertiary/aromatic N) is 2. The quantitative estimate of drug-likeness (QED) is 0.811. The summed E-state index contributed by atoms with van der Waals surface area (Å²) in [4.78, 5) is 5.87. The standard InChI is InChI=1S/C15H17FN2O/c16-14-8-4-9-15(17-14)18(10-5-11-19)12-13-6-2-1-3-7-13/h1-4,6-9,19H,5,10-12H2. The molecule has 0 spiro atoms. The summed E-state index contributed by atoms with van der Waals surface area (Å²) < 4.78 is 13.2. The molecule has 1 aromatic heterocycles. The van der Waals surface area contributed by atoms with Crippen LogP contribution in [0.25, 0.3) is 0 Å². The van der Waals surface area contributed by atoms with Gasteiger partial charge in [-0.05, 0) is 24.1 Å². The third-order valence-corrected chi connectivity index (χ3v) is 2.83. The lowest BCUT2D eigenvalue weighted by atomic mass is 10.2. The van der Waals surface area contributed by atoms with Gasteiger partial charge in [-0.25, -0.2) is 4.98 Å². The van der Waals surface area contributed by atoms with Gasteiger partial charge in [0, 0.05) is 19.7 Å². The molecule has 1 heterocycles. The first-order chi connectivity index (χ1) is 9.29. The highest BCUT2D eigenvalue weighted by atomic mass is 19.1. The first kappa shape index (κ1) is 13.5. The van der Waals surface area contributed by atoms with Crippen molar-refractivity contribution < 1.29 is 9.50 Å². The smallest absolute Gasteiger partial charge is 0.214 e. The number of aliphatic hydroxyl groups excluding tert-OH is 1. The lowest BCUT2D eigenvalue weighted by Gasteiger charge is -2.23. The maximum atomic E-state index is 13.2. The second-order valence-electron chi connectivity index (χ2n) is 4.30. The van der Waals surface area contributed by atoms with Crippen LogP contribution in [0.4, 0.5) is 10.2 Å². The Labute approximate surface area is 112 Å². The molecule has 0 radical (unpaired) electrons. The van der Waals surface area contributed by atoms with Crippen LogP contribution in [0, 0.1) is 5.95 Å². The van der Waals surface area contributed by atoms with Gasteiger partial charge in [0.25, 0.3) is 0 Å². The Kier molecular flexibility index (Phi) is 4.86. The Morgan fingerprint density at radius 2 is 1.84 bits per heavy atom. The largest absolute Gasteiger partial charge is 0.396 e. The van der Waals surface area contributed by atoms with E-state index in [1.807, 2.05) is 35.2 Å². The summed E-state index contributed by atoms with van der Waals surface area (Å²) in [5.74, 6) is 0.108. The van der Waals surface area contributed by atoms with E-state index in [0.29, 0.717) is 25.3 Å². The van der Waals surface area contributed by atoms with Crippen LogP contribution < -0.4 is 4.90 Å². The number of hydrogen-bond donors (Lipinski definition) is 1. The van der Waals surface area contributed by atoms with Gasteiger partial charge in [-0.15, -0.1) is 0 Å². The van der Waals surface area contributed by atoms with Crippen molar-refractivity contribution in [1.82, 2.24) is 4.98 Å². The number of rotatable bonds is 6. The van der Waals surface area contributed by atoms with E-state index in [1.165, 1.54) is 6.07 Å². The van der Waals surface area contributed by atoms with E-state index in [2.05, 4.69) is 4.98 Å². The molecular weight excluding hydrogens is 243 g/mol. The Balaban J connectivity index is 2.16. The molecule has 0 aliphatic rings. The molecule has 4 heteroatoms. The van der Waals surface area contributed by atoms with Crippen LogP contribution in [0.3, 0.4) is 0 Å². The molecular formula is C15H17FN2O. The number of aromatic nitrogens is 1. The molecule has 0 saturated carbocycles. The van der Waals surface area contributed by atoms with Crippen molar-refractivity contribution in [3.63, 3.8) is 0 Å². The minimum Gasteiger partial charge on any atom is -0.396 e. The highest BCUT2D eigenvalue weighted by Gasteiger charge is 2.09. The summed E-state index contributed by atoms with van der Waals surface area (Å²) >= 11 is 0. The second kappa shape index (κ2) is 6.85. The molecule has 19 heavy (non-hydrogen) atoms. The van der Waals surface area contributed by atoms with Gasteiger partial charge in [-0.1, -0.05) is 36.4 Å². The first-order valence-corrected chi connectivity index (χ1v) is 6.32. The third-order valence-electron chi connectivity index (χ3n) is 2.83. The average molecular weight is 260 g/mol. The lowest BCUT2D eigenvalue weighted by Crippen LogP contribution is -2.25. The summed E-state index contributed by atoms with van der Waals surface area (Å²) in [5.41, 5.74) is 1.13. The minimum atomic E-state index is -0.487. The normalized spacial score (nSPS) is 10.4. The average Bonchev–Trinajstić information content (AvgIpc) is 2.44. The Morgan fingerprint density at radius 1 is 1.05 bits per heavy atom. The van der Waals surface area contributed by atoms with Crippen molar-refractivity contribution in [2.45, 2.75) is 13.0 Å². The zero-order chi connectivity index (χ0) is 13.5. The Bertz CT molecular complexity index is 505. The summed E-state index contributed by atoms with van der Waals surface area (Å²) in [6, 6.07) is 14.7. The highest BCUT2D eigenvalue weighted by Crippen LogP contribution is 2.15. The van der Waals surface area contributed by atoms with E-state index in [-0.39, 0.29) is 6.61 Å². The molecule has 0 fully saturated rings. The Morgan fingerprint density at radius 3 is 2.53 bits per heavy atom. The number of aliphatic hydroxyl groups is 1. The van der Waals surface area contributed by atoms with Crippen LogP contribution in [-0.2, 0) is 6.54 Å². The summed E-state index contributed by atoms with van der Waals surface area (Å²) in [7, 11) is 0. The molecule has 0 aliphatic carbocycles. The van der Waals surface area contributed by atoms with Gasteiger partial charge >= 0.3 is 0 Å². The fourth-order valence-electron chi connectivity index (χ4n) is 1.91. The van der Waals surface area contributed by atoms with Crippen LogP contribution in [0.5, 0.6) is 0 Å². The van der Waals surface area contributed by atoms with Crippen molar-refractivity contribution in [2.24, 2.45) is 0 Å². The van der Waals surface area contributed by atoms with Crippen molar-refractivity contribution in [3.8, 4) is 0 Å². The number of benzene rings is 1. The molecule has 1 aromatic carbocycles. The first-order valence-electron chi connectivity index (χ1n) is 6.32. The lowest BCUT2D eigenvalue weighted by molar-refractivity contribution is 0.289. The molecule has 1 N–H and O–H groups in total. The Hall–Kier alpha value is -1.94. The van der Waals surface area contributed by atoms with E-state index >= 15 is 0 Å². The molecule has 0 aliphatic heterocycles. The predicted molar refractivity (Wildman–Crippen MR) is 73.4 cm³/mol. The zero-order valence-electron chi connectivity index (χ0n) is 10.7. The molecule has 2 rings (SSSR count). The molecule has 2 aromatic rings. The van der Waals surface area contributed by atoms with Gasteiger partial charge in [-0.2, -0.15) is 4.39 Å². The molecule has 0 bridgehead atoms. The van der Waals surface area contributed by atoms with Gasteiger partial charge in [0.05, 0.1) is 0 Å². The van der Waals surface area contributed by atoms with Crippen LogP contribution in [-0.4, -0.2) is 23.2 Å². The van der Waals surface area contributed by atoms with E-state index in [0.717, 1.165) is 5.56 Å². The number of pyridine rings is 1. The molecule has 0 unspecified atom stereocenters. The molecule has 0 atom stereocenters. The van der Waals surface area contributed by atoms with Crippen molar-refractivity contribution in [2.75, 3.05) is 18.1 Å². The minimum absolute atomic E-state index is 0.112. The summed E-state index contributed by atoms with van der Waals surface area (Å²) in [6.45, 7) is 1.40. The van der Waals surface area contributed by atoms with Gasteiger partial charge in [0.15, 0.2) is 0 Å². The SMILES string of the molecule is OCCCN(Cc1ccccc1)c1cccc(F)n1. The van der Waals surface area contributed by atoms with Gasteiger partial charge in [0.1, 0.15) is 5.82 Å². The molecule has 0 saturated heterocycles. The van der Waals surface area contributed by atoms with Crippen LogP contribution in [0.1, 0.15) is 12.0 Å². The topological polar surface area (TPSA) is 36.4 Å². The van der Waals surface area contributed by atoms with Crippen LogP contribution in [0.2, 0.25) is 0 Å². The van der Waals surface area contributed by atoms with Crippen LogP contribution >= 0.6 is 0 Å². The summed E-state index contributed by atoms with van der Waals surface area (Å²) in [6.07, 6.45) is 0.630. The number of halogens is 1.